The minimum Gasteiger partial charge on any atom is -0.358 e. The molecule has 4 aromatic rings. The van der Waals surface area contributed by atoms with Gasteiger partial charge in [-0.15, -0.1) is 0 Å². The molecular formula is C21H19N5O. The number of hydrogen-bond donors (Lipinski definition) is 2. The Morgan fingerprint density at radius 1 is 1.11 bits per heavy atom. The Morgan fingerprint density at radius 2 is 2.04 bits per heavy atom. The molecule has 0 atom stereocenters. The summed E-state index contributed by atoms with van der Waals surface area (Å²) in [4.78, 5) is 24.8. The molecule has 0 bridgehead atoms. The zero-order valence-corrected chi connectivity index (χ0v) is 15.0. The van der Waals surface area contributed by atoms with Crippen molar-refractivity contribution < 1.29 is 0 Å². The molecule has 4 heterocycles. The minimum atomic E-state index is -0.0905. The van der Waals surface area contributed by atoms with E-state index >= 15 is 0 Å². The van der Waals surface area contributed by atoms with Crippen molar-refractivity contribution in [1.82, 2.24) is 24.8 Å². The van der Waals surface area contributed by atoms with Gasteiger partial charge in [-0.3, -0.25) is 19.3 Å². The molecule has 0 amide bonds. The van der Waals surface area contributed by atoms with E-state index in [0.29, 0.717) is 5.69 Å². The van der Waals surface area contributed by atoms with Gasteiger partial charge in [0.15, 0.2) is 0 Å². The van der Waals surface area contributed by atoms with Crippen LogP contribution in [0.15, 0.2) is 53.7 Å². The number of aryl methyl sites for hydroxylation is 1. The van der Waals surface area contributed by atoms with Crippen LogP contribution < -0.4 is 10.9 Å². The molecule has 6 heteroatoms. The number of nitrogens with zero attached hydrogens (tertiary/aromatic N) is 3. The van der Waals surface area contributed by atoms with E-state index in [1.165, 1.54) is 16.6 Å². The van der Waals surface area contributed by atoms with Gasteiger partial charge in [-0.2, -0.15) is 0 Å². The van der Waals surface area contributed by atoms with Crippen molar-refractivity contribution in [2.24, 2.45) is 0 Å². The summed E-state index contributed by atoms with van der Waals surface area (Å²) in [5.74, 6) is 0. The van der Waals surface area contributed by atoms with Crippen LogP contribution in [0, 0.1) is 6.92 Å². The number of pyridine rings is 1. The number of H-pyrrole nitrogens is 1. The van der Waals surface area contributed by atoms with E-state index in [2.05, 4.69) is 26.3 Å². The number of hydrogen-bond acceptors (Lipinski definition) is 4. The lowest BCUT2D eigenvalue weighted by Gasteiger charge is -2.12. The Morgan fingerprint density at radius 3 is 2.85 bits per heavy atom. The summed E-state index contributed by atoms with van der Waals surface area (Å²) in [5, 5.41) is 4.64. The highest BCUT2D eigenvalue weighted by molar-refractivity contribution is 5.86. The fourth-order valence-electron chi connectivity index (χ4n) is 3.68. The third-order valence-electron chi connectivity index (χ3n) is 5.11. The van der Waals surface area contributed by atoms with E-state index in [0.717, 1.165) is 42.0 Å². The quantitative estimate of drug-likeness (QED) is 0.578. The number of nitrogens with one attached hydrogen (secondary N) is 2. The predicted octanol–water partition coefficient (Wildman–Crippen LogP) is 2.73. The monoisotopic (exact) mass is 357 g/mol. The summed E-state index contributed by atoms with van der Waals surface area (Å²) in [7, 11) is 0. The predicted molar refractivity (Wildman–Crippen MR) is 105 cm³/mol. The lowest BCUT2D eigenvalue weighted by molar-refractivity contribution is 0.641. The summed E-state index contributed by atoms with van der Waals surface area (Å²) in [6.07, 6.45) is 6.20. The van der Waals surface area contributed by atoms with Gasteiger partial charge in [0.2, 0.25) is 0 Å². The maximum Gasteiger partial charge on any atom is 0.255 e. The molecule has 3 aromatic heterocycles. The number of aromatic amines is 1. The second kappa shape index (κ2) is 6.17. The zero-order chi connectivity index (χ0) is 18.4. The van der Waals surface area contributed by atoms with Gasteiger partial charge in [0, 0.05) is 60.1 Å². The van der Waals surface area contributed by atoms with Crippen LogP contribution in [0.25, 0.3) is 27.8 Å². The first kappa shape index (κ1) is 16.0. The van der Waals surface area contributed by atoms with E-state index < -0.39 is 0 Å². The Labute approximate surface area is 155 Å². The van der Waals surface area contributed by atoms with Crippen LogP contribution in [0.1, 0.15) is 17.0 Å². The molecule has 0 fully saturated rings. The van der Waals surface area contributed by atoms with Crippen molar-refractivity contribution in [1.29, 1.82) is 0 Å². The summed E-state index contributed by atoms with van der Waals surface area (Å²) in [6, 6.07) is 9.64. The largest absolute Gasteiger partial charge is 0.358 e. The average Bonchev–Trinajstić information content (AvgIpc) is 3.06. The van der Waals surface area contributed by atoms with Gasteiger partial charge >= 0.3 is 0 Å². The van der Waals surface area contributed by atoms with Crippen LogP contribution in [0.4, 0.5) is 0 Å². The Balaban J connectivity index is 1.56. The first-order chi connectivity index (χ1) is 13.2. The smallest absolute Gasteiger partial charge is 0.255 e. The minimum absolute atomic E-state index is 0.0905. The van der Waals surface area contributed by atoms with E-state index in [1.54, 1.807) is 29.2 Å². The molecule has 1 aromatic carbocycles. The van der Waals surface area contributed by atoms with E-state index in [1.807, 2.05) is 25.1 Å². The van der Waals surface area contributed by atoms with Gasteiger partial charge in [-0.25, -0.2) is 0 Å². The summed E-state index contributed by atoms with van der Waals surface area (Å²) >= 11 is 0. The molecule has 0 aliphatic carbocycles. The molecule has 0 spiro atoms. The molecule has 0 unspecified atom stereocenters. The second-order valence-electron chi connectivity index (χ2n) is 6.91. The maximum absolute atomic E-state index is 12.7. The van der Waals surface area contributed by atoms with Crippen molar-refractivity contribution in [2.75, 3.05) is 6.54 Å². The SMILES string of the molecule is Cc1cnc(-c2ccn(-c3ccc4c5c([nH]c4c3)CCNC5)c(=O)c2)cn1. The van der Waals surface area contributed by atoms with Crippen LogP contribution in [0.5, 0.6) is 0 Å². The Bertz CT molecular complexity index is 1200. The van der Waals surface area contributed by atoms with Crippen molar-refractivity contribution in [2.45, 2.75) is 19.9 Å². The van der Waals surface area contributed by atoms with Gasteiger partial charge in [0.1, 0.15) is 0 Å². The summed E-state index contributed by atoms with van der Waals surface area (Å²) in [6.45, 7) is 3.77. The standard InChI is InChI=1S/C21H19N5O/c1-13-10-24-20(12-23-13)14-5-7-26(21(27)8-14)15-2-3-16-17-11-22-6-4-18(17)25-19(16)9-15/h2-3,5,7-10,12,22,25H,4,6,11H2,1H3. The highest BCUT2D eigenvalue weighted by Gasteiger charge is 2.15. The molecule has 0 radical (unpaired) electrons. The summed E-state index contributed by atoms with van der Waals surface area (Å²) < 4.78 is 1.66. The highest BCUT2D eigenvalue weighted by Crippen LogP contribution is 2.26. The highest BCUT2D eigenvalue weighted by atomic mass is 16.1. The van der Waals surface area contributed by atoms with E-state index in [4.69, 9.17) is 0 Å². The van der Waals surface area contributed by atoms with Crippen molar-refractivity contribution >= 4 is 10.9 Å². The van der Waals surface area contributed by atoms with Crippen LogP contribution in [-0.4, -0.2) is 26.1 Å². The first-order valence-corrected chi connectivity index (χ1v) is 9.05. The second-order valence-corrected chi connectivity index (χ2v) is 6.91. The lowest BCUT2D eigenvalue weighted by Crippen LogP contribution is -2.22. The maximum atomic E-state index is 12.7. The third-order valence-corrected chi connectivity index (χ3v) is 5.11. The molecular weight excluding hydrogens is 338 g/mol. The number of fused-ring (bicyclic) bond motifs is 3. The van der Waals surface area contributed by atoms with Crippen LogP contribution in [0.2, 0.25) is 0 Å². The van der Waals surface area contributed by atoms with Gasteiger partial charge in [-0.1, -0.05) is 6.07 Å². The zero-order valence-electron chi connectivity index (χ0n) is 15.0. The lowest BCUT2D eigenvalue weighted by atomic mass is 10.1. The Kier molecular flexibility index (Phi) is 3.65. The number of benzene rings is 1. The topological polar surface area (TPSA) is 75.6 Å². The molecule has 134 valence electrons. The van der Waals surface area contributed by atoms with Gasteiger partial charge in [0.05, 0.1) is 23.3 Å². The van der Waals surface area contributed by atoms with Crippen molar-refractivity contribution in [3.63, 3.8) is 0 Å². The molecule has 1 aliphatic heterocycles. The molecule has 0 saturated carbocycles. The fourth-order valence-corrected chi connectivity index (χ4v) is 3.68. The normalized spacial score (nSPS) is 13.7. The molecule has 0 saturated heterocycles. The molecule has 5 rings (SSSR count). The number of rotatable bonds is 2. The number of aromatic nitrogens is 4. The molecule has 1 aliphatic rings. The van der Waals surface area contributed by atoms with Gasteiger partial charge < -0.3 is 10.3 Å². The van der Waals surface area contributed by atoms with Crippen molar-refractivity contribution in [3.8, 4) is 16.9 Å². The first-order valence-electron chi connectivity index (χ1n) is 9.05. The molecule has 6 nitrogen and oxygen atoms in total. The van der Waals surface area contributed by atoms with Gasteiger partial charge in [0.25, 0.3) is 5.56 Å². The van der Waals surface area contributed by atoms with E-state index in [-0.39, 0.29) is 5.56 Å². The van der Waals surface area contributed by atoms with Crippen LogP contribution >= 0.6 is 0 Å². The van der Waals surface area contributed by atoms with E-state index in [9.17, 15) is 4.79 Å². The van der Waals surface area contributed by atoms with Gasteiger partial charge in [-0.05, 0) is 30.7 Å². The fraction of sp³-hybridized carbons (Fsp3) is 0.190. The average molecular weight is 357 g/mol. The van der Waals surface area contributed by atoms with Crippen LogP contribution in [0.3, 0.4) is 0 Å². The molecule has 27 heavy (non-hydrogen) atoms. The molecule has 2 N–H and O–H groups in total. The van der Waals surface area contributed by atoms with Crippen molar-refractivity contribution in [3.05, 3.63) is 76.2 Å². The Hall–Kier alpha value is -3.25. The summed E-state index contributed by atoms with van der Waals surface area (Å²) in [5.41, 5.74) is 6.78. The third kappa shape index (κ3) is 2.74. The van der Waals surface area contributed by atoms with Crippen LogP contribution in [-0.2, 0) is 13.0 Å².